The fraction of sp³-hybridized carbons (Fsp3) is 0.330. The molecule has 0 unspecified atom stereocenters. The van der Waals surface area contributed by atoms with E-state index in [1.54, 1.807) is 223 Å². The average Bonchev–Trinajstić information content (AvgIpc) is 0.796. The zero-order valence-corrected chi connectivity index (χ0v) is 92.6. The molecule has 0 aliphatic carbocycles. The number of nitrogens with one attached hydrogen (secondary N) is 4. The van der Waals surface area contributed by atoms with Crippen LogP contribution in [0.4, 0.5) is 22.7 Å². The Bertz CT molecular complexity index is 5870. The average molecular weight is 2100 g/mol. The summed E-state index contributed by atoms with van der Waals surface area (Å²) >= 11 is 0. The molecule has 12 rings (SSSR count). The Kier molecular flexibility index (Phi) is 77.5. The Hall–Kier alpha value is -10.8. The van der Waals surface area contributed by atoms with Crippen LogP contribution in [0.25, 0.3) is 0 Å². The molecule has 0 aliphatic rings. The Morgan fingerprint density at radius 2 is 0.544 bits per heavy atom. The molecule has 12 aromatic rings. The van der Waals surface area contributed by atoms with Crippen LogP contribution in [0.1, 0.15) is 300 Å². The van der Waals surface area contributed by atoms with Crippen molar-refractivity contribution >= 4 is 86.0 Å². The Balaban J connectivity index is -0.000000300. The number of aryl methyl sites for hydroxylation is 9. The summed E-state index contributed by atoms with van der Waals surface area (Å²) < 4.78 is 113. The van der Waals surface area contributed by atoms with Gasteiger partial charge in [-0.3, -0.25) is 48.0 Å². The van der Waals surface area contributed by atoms with E-state index in [1.807, 2.05) is 215 Å². The van der Waals surface area contributed by atoms with Crippen LogP contribution in [0.2, 0.25) is 0 Å². The van der Waals surface area contributed by atoms with E-state index in [0.29, 0.717) is 31.8 Å². The summed E-state index contributed by atoms with van der Waals surface area (Å²) in [5.74, 6) is -1.39. The van der Waals surface area contributed by atoms with E-state index in [9.17, 15) is 63.3 Å². The van der Waals surface area contributed by atoms with Gasteiger partial charge in [-0.05, 0) is 189 Å². The van der Waals surface area contributed by atoms with Gasteiger partial charge in [-0.25, -0.2) is 33.7 Å². The first-order valence-corrected chi connectivity index (χ1v) is 52.2. The summed E-state index contributed by atoms with van der Waals surface area (Å²) in [5, 5.41) is 23.6. The van der Waals surface area contributed by atoms with Gasteiger partial charge in [0.1, 0.15) is 0 Å². The number of carbonyl (C=O) groups is 4. The molecule has 4 N–H and O–H groups in total. The van der Waals surface area contributed by atoms with Gasteiger partial charge in [0, 0.05) is 131 Å². The van der Waals surface area contributed by atoms with Gasteiger partial charge in [0.25, 0.3) is 40.1 Å². The third kappa shape index (κ3) is 45.9. The molecule has 0 bridgehead atoms. The SMILES string of the molecule is CC.CC.CC.CC.CC.CC.CC.CC.CC.CC.CC.CC.CC.Cc1ccc(S(=O)(=O)Nc2ccc(C)cc2C(=O)c2ccc(C)[n+]([O-])c2)cc1.Cc1ccc(S(=O)(=O)Nc2ccc(C)cc2C(=O)c2ccc[n+]([O-])c2C)cc1.Cc1ccc(S(=O)(=O)Nc2ccc(C)cc2C(=O)c2ccnc(C)c2)cc1.Cc1ccc(S(=O)(=O)Nc2ccccc2C(=O)c2ccncc2)cc1.[CH3-].[Yb]. The van der Waals surface area contributed by atoms with Crippen molar-refractivity contribution in [3.05, 3.63) is 374 Å². The summed E-state index contributed by atoms with van der Waals surface area (Å²) in [6, 6.07) is 59.9. The largest absolute Gasteiger partial charge is 0.618 e. The van der Waals surface area contributed by atoms with Crippen molar-refractivity contribution in [2.24, 2.45) is 0 Å². The molecule has 4 heterocycles. The standard InChI is InChI=1S/2C21H20N2O4S.C21H20N2O3S.C19H16N2O3S.13C2H6.CH3.Yb/c1-14-4-9-18(10-5-14)28(26,27)22-20-11-6-15(2)12-19(20)21(24)17-8-7-16(3)23(25)13-17;1-14-6-9-17(10-7-14)28(26,27)22-20-11-8-15(2)13-19(20)21(24)18-5-4-12-23(25)16(18)3;1-14-4-7-18(8-5-14)27(25,26)23-20-9-6-15(2)12-19(20)21(24)17-10-11-22-16(3)13-17;1-14-6-8-16(9-7-14)25(23,24)21-18-5-3-2-4-17(18)19(22)15-10-12-20-13-11-15;13*1-2;;/h2*4-13,22H,1-3H3;4-13,23H,1-3H3;2-13,21H,1H3;13*1-2H3;1H3;/q;;;;;;;;;;;;;;;;;-1;. The molecule has 0 aliphatic heterocycles. The molecule has 756 valence electrons. The minimum Gasteiger partial charge on any atom is -0.618 e. The van der Waals surface area contributed by atoms with Crippen molar-refractivity contribution in [2.75, 3.05) is 18.9 Å². The molecule has 22 nitrogen and oxygen atoms in total. The summed E-state index contributed by atoms with van der Waals surface area (Å²) in [7, 11) is -15.3. The number of hydrogen-bond donors (Lipinski definition) is 4. The predicted molar refractivity (Wildman–Crippen MR) is 569 cm³/mol. The molecule has 0 radical (unpaired) electrons. The first-order chi connectivity index (χ1) is 64.1. The molecule has 0 amide bonds. The van der Waals surface area contributed by atoms with E-state index in [4.69, 9.17) is 0 Å². The minimum absolute atomic E-state index is 0. The van der Waals surface area contributed by atoms with E-state index in [1.165, 1.54) is 67.3 Å². The van der Waals surface area contributed by atoms with Crippen molar-refractivity contribution in [3.63, 3.8) is 0 Å². The molecule has 0 fully saturated rings. The normalized spacial score (nSPS) is 9.47. The van der Waals surface area contributed by atoms with Gasteiger partial charge in [0.15, 0.2) is 29.7 Å². The maximum atomic E-state index is 13.1. The van der Waals surface area contributed by atoms with E-state index < -0.39 is 51.7 Å². The Morgan fingerprint density at radius 3 is 0.860 bits per heavy atom. The number of hydrogen-bond acceptors (Lipinski definition) is 16. The second-order valence-corrected chi connectivity index (χ2v) is 32.1. The summed E-state index contributed by atoms with van der Waals surface area (Å²) in [6.07, 6.45) is 7.11. The van der Waals surface area contributed by atoms with Crippen molar-refractivity contribution < 1.29 is 109 Å². The fourth-order valence-corrected chi connectivity index (χ4v) is 14.9. The summed E-state index contributed by atoms with van der Waals surface area (Å²) in [4.78, 5) is 60.2. The molecule has 136 heavy (non-hydrogen) atoms. The van der Waals surface area contributed by atoms with Crippen molar-refractivity contribution in [1.82, 2.24) is 9.97 Å². The maximum Gasteiger partial charge on any atom is 0.261 e. The van der Waals surface area contributed by atoms with Gasteiger partial charge >= 0.3 is 0 Å². The molecule has 27 heteroatoms. The van der Waals surface area contributed by atoms with Crippen LogP contribution in [-0.2, 0) is 40.1 Å². The number of ketones is 4. The Labute approximate surface area is 859 Å². The number of sulfonamides is 4. The number of carbonyl (C=O) groups excluding carboxylic acids is 4. The fourth-order valence-electron chi connectivity index (χ4n) is 10.6. The molecular weight excluding hydrogens is 1950 g/mol. The topological polar surface area (TPSA) is 333 Å². The van der Waals surface area contributed by atoms with Crippen molar-refractivity contribution in [3.8, 4) is 0 Å². The van der Waals surface area contributed by atoms with Crippen molar-refractivity contribution in [2.45, 2.75) is 269 Å². The first-order valence-electron chi connectivity index (χ1n) is 46.3. The van der Waals surface area contributed by atoms with Gasteiger partial charge in [-0.2, -0.15) is 9.46 Å². The second-order valence-electron chi connectivity index (χ2n) is 25.3. The van der Waals surface area contributed by atoms with Crippen LogP contribution in [0.3, 0.4) is 0 Å². The van der Waals surface area contributed by atoms with Gasteiger partial charge < -0.3 is 17.8 Å². The van der Waals surface area contributed by atoms with Gasteiger partial charge in [-0.15, -0.1) is 0 Å². The predicted octanol–water partition coefficient (Wildman–Crippen LogP) is 27.8. The second kappa shape index (κ2) is 76.2. The zero-order chi connectivity index (χ0) is 104. The zero-order valence-electron chi connectivity index (χ0n) is 87.7. The summed E-state index contributed by atoms with van der Waals surface area (Å²) in [5.41, 5.74) is 10.8. The minimum atomic E-state index is -3.87. The van der Waals surface area contributed by atoms with Crippen LogP contribution in [0, 0.1) is 134 Å². The van der Waals surface area contributed by atoms with E-state index in [-0.39, 0.29) is 142 Å². The van der Waals surface area contributed by atoms with Gasteiger partial charge in [-0.1, -0.05) is 298 Å². The molecule has 4 aromatic heterocycles. The number of rotatable bonds is 20. The van der Waals surface area contributed by atoms with Crippen LogP contribution >= 0.6 is 0 Å². The first kappa shape index (κ1) is 138. The number of pyridine rings is 4. The van der Waals surface area contributed by atoms with Crippen LogP contribution in [0.15, 0.2) is 275 Å². The van der Waals surface area contributed by atoms with Crippen molar-refractivity contribution in [1.29, 1.82) is 0 Å². The van der Waals surface area contributed by atoms with E-state index >= 15 is 0 Å². The van der Waals surface area contributed by atoms with Gasteiger partial charge in [0.2, 0.25) is 17.3 Å². The number of anilines is 4. The molecule has 8 aromatic carbocycles. The number of para-hydroxylation sites is 1. The monoisotopic (exact) mass is 2100 g/mol. The van der Waals surface area contributed by atoms with Crippen LogP contribution in [-0.4, -0.2) is 66.8 Å². The molecular formula is C109H157N8O14S4Yb-. The maximum absolute atomic E-state index is 13.1. The molecule has 0 saturated heterocycles. The third-order valence-electron chi connectivity index (χ3n) is 16.7. The van der Waals surface area contributed by atoms with Crippen LogP contribution < -0.4 is 28.3 Å². The molecule has 0 spiro atoms. The van der Waals surface area contributed by atoms with Crippen LogP contribution in [0.5, 0.6) is 0 Å². The number of nitrogens with zero attached hydrogens (tertiary/aromatic N) is 4. The molecule has 0 saturated carbocycles. The smallest absolute Gasteiger partial charge is 0.261 e. The molecule has 0 atom stereocenters. The Morgan fingerprint density at radius 1 is 0.272 bits per heavy atom. The number of benzene rings is 8. The van der Waals surface area contributed by atoms with Gasteiger partial charge in [0.05, 0.1) is 53.5 Å². The number of aromatic nitrogens is 4. The quantitative estimate of drug-likeness (QED) is 0.0238. The van der Waals surface area contributed by atoms with E-state index in [0.717, 1.165) is 44.6 Å². The summed E-state index contributed by atoms with van der Waals surface area (Å²) in [6.45, 7) is 69.9. The van der Waals surface area contributed by atoms with E-state index in [2.05, 4.69) is 28.9 Å². The third-order valence-corrected chi connectivity index (χ3v) is 22.2.